The molecule has 0 spiro atoms. The molecule has 148 valence electrons. The Hall–Kier alpha value is 0.873. The Morgan fingerprint density at radius 1 is 0.767 bits per heavy atom. The van der Waals surface area contributed by atoms with Crippen molar-refractivity contribution < 1.29 is 48.0 Å². The number of benzene rings is 2. The van der Waals surface area contributed by atoms with E-state index in [0.29, 0.717) is 10.5 Å². The van der Waals surface area contributed by atoms with Gasteiger partial charge in [0.25, 0.3) is 0 Å². The van der Waals surface area contributed by atoms with Crippen LogP contribution in [-0.2, 0) is 23.2 Å². The van der Waals surface area contributed by atoms with Crippen molar-refractivity contribution in [3.63, 3.8) is 0 Å². The van der Waals surface area contributed by atoms with Crippen molar-refractivity contribution in [2.75, 3.05) is 0 Å². The second-order valence-electron chi connectivity index (χ2n) is 7.20. The van der Waals surface area contributed by atoms with Crippen LogP contribution in [0.5, 0.6) is 0 Å². The van der Waals surface area contributed by atoms with Crippen LogP contribution in [-0.4, -0.2) is 10.5 Å². The molecule has 3 aliphatic heterocycles. The Labute approximate surface area is 227 Å². The Bertz CT molecular complexity index is 1460. The molecular formula is C22H10Br2Cl2S3Zr. The number of hydrogen-bond donors (Lipinski definition) is 0. The van der Waals surface area contributed by atoms with E-state index >= 15 is 0 Å². The zero-order chi connectivity index (χ0) is 18.6. The molecule has 0 nitrogen and oxygen atoms in total. The molecule has 2 atom stereocenters. The molecule has 7 rings (SSSR count). The van der Waals surface area contributed by atoms with Gasteiger partial charge in [-0.05, 0) is 0 Å². The second kappa shape index (κ2) is 8.27. The van der Waals surface area contributed by atoms with E-state index in [2.05, 4.69) is 80.4 Å². The molecule has 0 amide bonds. The van der Waals surface area contributed by atoms with Crippen LogP contribution in [0.4, 0.5) is 0 Å². The third-order valence-corrected chi connectivity index (χ3v) is 17.4. The minimum atomic E-state index is -0.959. The summed E-state index contributed by atoms with van der Waals surface area (Å²) in [6.45, 7) is 0. The normalized spacial score (nSPS) is 23.5. The standard InChI is InChI=1S/C22H10Br2S3.2ClH.Zr/c23-20-9-14-12-4-2-5-16(13(12)8-19(14)27-20)25-17-6-1-3-11-7-18-15(22(11)17)10-21(24)26-18;;;/h1-8,18-19H;2*1H;/q;;;+2/p-2. The van der Waals surface area contributed by atoms with E-state index in [-0.39, 0.29) is 24.8 Å². The van der Waals surface area contributed by atoms with Gasteiger partial charge in [0.05, 0.1) is 0 Å². The van der Waals surface area contributed by atoms with Crippen LogP contribution < -0.4 is 45.7 Å². The fourth-order valence-corrected chi connectivity index (χ4v) is 15.8. The number of rotatable bonds is 0. The molecule has 4 bridgehead atoms. The molecule has 0 radical (unpaired) electrons. The van der Waals surface area contributed by atoms with Gasteiger partial charge < -0.3 is 24.8 Å². The van der Waals surface area contributed by atoms with Gasteiger partial charge in [-0.3, -0.25) is 0 Å². The maximum atomic E-state index is 3.96. The predicted molar refractivity (Wildman–Crippen MR) is 126 cm³/mol. The van der Waals surface area contributed by atoms with Gasteiger partial charge in [-0.15, -0.1) is 0 Å². The molecule has 3 heterocycles. The van der Waals surface area contributed by atoms with Crippen molar-refractivity contribution in [3.05, 3.63) is 71.5 Å². The molecule has 2 aromatic rings. The van der Waals surface area contributed by atoms with Crippen LogP contribution >= 0.6 is 67.1 Å². The Morgan fingerprint density at radius 2 is 1.43 bits per heavy atom. The van der Waals surface area contributed by atoms with Crippen molar-refractivity contribution >= 4 is 90.4 Å². The minimum Gasteiger partial charge on any atom is -1.00 e. The van der Waals surface area contributed by atoms with E-state index in [0.717, 1.165) is 0 Å². The average molecular weight is 692 g/mol. The zero-order valence-corrected chi connectivity index (χ0v) is 24.6. The molecular weight excluding hydrogens is 682 g/mol. The van der Waals surface area contributed by atoms with Crippen LogP contribution in [0.3, 0.4) is 0 Å². The summed E-state index contributed by atoms with van der Waals surface area (Å²) in [6, 6.07) is 13.7. The first kappa shape index (κ1) is 22.7. The van der Waals surface area contributed by atoms with Gasteiger partial charge in [-0.1, -0.05) is 0 Å². The third-order valence-electron chi connectivity index (χ3n) is 5.76. The van der Waals surface area contributed by atoms with Gasteiger partial charge in [0, 0.05) is 0 Å². The molecule has 30 heavy (non-hydrogen) atoms. The number of allylic oxidation sites excluding steroid dienone is 2. The summed E-state index contributed by atoms with van der Waals surface area (Å²) in [5.41, 5.74) is 3.19. The van der Waals surface area contributed by atoms with E-state index in [9.17, 15) is 0 Å². The van der Waals surface area contributed by atoms with E-state index < -0.39 is 23.2 Å². The van der Waals surface area contributed by atoms with E-state index in [1.807, 2.05) is 35.3 Å². The maximum Gasteiger partial charge on any atom is -1.00 e. The summed E-state index contributed by atoms with van der Waals surface area (Å²) in [4.78, 5) is 2.81. The van der Waals surface area contributed by atoms with Crippen molar-refractivity contribution in [1.82, 2.24) is 0 Å². The molecule has 8 heteroatoms. The number of halogens is 4. The topological polar surface area (TPSA) is 0 Å². The molecule has 2 aromatic carbocycles. The number of thioether (sulfide) groups is 2. The van der Waals surface area contributed by atoms with Crippen molar-refractivity contribution in [2.45, 2.75) is 20.3 Å². The van der Waals surface area contributed by atoms with Crippen LogP contribution in [0, 0.1) is 0 Å². The van der Waals surface area contributed by atoms with Gasteiger partial charge >= 0.3 is 205 Å². The van der Waals surface area contributed by atoms with Gasteiger partial charge in [0.2, 0.25) is 0 Å². The van der Waals surface area contributed by atoms with Crippen LogP contribution in [0.15, 0.2) is 60.4 Å². The van der Waals surface area contributed by atoms with E-state index in [1.165, 1.54) is 38.3 Å². The monoisotopic (exact) mass is 688 g/mol. The van der Waals surface area contributed by atoms with E-state index in [1.54, 1.807) is 17.7 Å². The zero-order valence-electron chi connectivity index (χ0n) is 15.0. The van der Waals surface area contributed by atoms with Crippen LogP contribution in [0.2, 0.25) is 0 Å². The Balaban J connectivity index is 0.000000963. The van der Waals surface area contributed by atoms with Crippen molar-refractivity contribution in [1.29, 1.82) is 0 Å². The quantitative estimate of drug-likeness (QED) is 0.320. The fraction of sp³-hybridized carbons (Fsp3) is 0.0909. The largest absolute Gasteiger partial charge is 1.00 e. The Kier molecular flexibility index (Phi) is 6.25. The molecule has 0 fully saturated rings. The van der Waals surface area contributed by atoms with Crippen LogP contribution in [0.25, 0.3) is 23.3 Å². The molecule has 0 N–H and O–H groups in total. The maximum absolute atomic E-state index is 3.96. The summed E-state index contributed by atoms with van der Waals surface area (Å²) >= 11 is 12.9. The molecule has 2 unspecified atom stereocenters. The summed E-state index contributed by atoms with van der Waals surface area (Å²) in [5, 5.41) is 6.80. The average Bonchev–Trinajstić information content (AvgIpc) is 3.36. The predicted octanol–water partition coefficient (Wildman–Crippen LogP) is -1.81. The van der Waals surface area contributed by atoms with Gasteiger partial charge in [-0.2, -0.15) is 0 Å². The SMILES string of the molecule is BrC1=[C]2[Zr+2][C]3=C(Br)SC4C=c5cccc(c5=C34)Sc3cccc4c3=CC(S1)C=42.[Cl-].[Cl-]. The summed E-state index contributed by atoms with van der Waals surface area (Å²) in [5.74, 6) is 0. The summed E-state index contributed by atoms with van der Waals surface area (Å²) in [6.07, 6.45) is 4.98. The molecule has 0 saturated heterocycles. The van der Waals surface area contributed by atoms with Gasteiger partial charge in [-0.25, -0.2) is 0 Å². The first-order valence-electron chi connectivity index (χ1n) is 8.98. The first-order valence-corrected chi connectivity index (χ1v) is 15.6. The Morgan fingerprint density at radius 3 is 2.23 bits per heavy atom. The first-order chi connectivity index (χ1) is 13.7. The van der Waals surface area contributed by atoms with Crippen molar-refractivity contribution in [3.8, 4) is 0 Å². The third kappa shape index (κ3) is 3.11. The van der Waals surface area contributed by atoms with Gasteiger partial charge in [0.1, 0.15) is 0 Å². The molecule has 0 saturated carbocycles. The fourth-order valence-electron chi connectivity index (χ4n) is 4.64. The van der Waals surface area contributed by atoms with Crippen LogP contribution in [0.1, 0.15) is 0 Å². The van der Waals surface area contributed by atoms with Crippen molar-refractivity contribution in [2.24, 2.45) is 0 Å². The summed E-state index contributed by atoms with van der Waals surface area (Å²) in [7, 11) is 0. The molecule has 5 aliphatic rings. The van der Waals surface area contributed by atoms with Gasteiger partial charge in [0.15, 0.2) is 0 Å². The second-order valence-corrected chi connectivity index (χ2v) is 16.3. The summed E-state index contributed by atoms with van der Waals surface area (Å²) < 4.78 is 6.06. The minimum absolute atomic E-state index is 0. The number of hydrogen-bond acceptors (Lipinski definition) is 3. The van der Waals surface area contributed by atoms with E-state index in [4.69, 9.17) is 0 Å². The smallest absolute Gasteiger partial charge is 1.00 e. The molecule has 0 aromatic heterocycles. The molecule has 2 aliphatic carbocycles.